The van der Waals surface area contributed by atoms with Gasteiger partial charge in [-0.1, -0.05) is 18.2 Å². The number of aromatic nitrogens is 1. The zero-order valence-corrected chi connectivity index (χ0v) is 14.9. The van der Waals surface area contributed by atoms with E-state index in [9.17, 15) is 9.59 Å². The highest BCUT2D eigenvalue weighted by Gasteiger charge is 2.44. The van der Waals surface area contributed by atoms with Gasteiger partial charge in [0, 0.05) is 31.1 Å². The maximum Gasteiger partial charge on any atom is 0.246 e. The van der Waals surface area contributed by atoms with Crippen LogP contribution in [0.3, 0.4) is 0 Å². The summed E-state index contributed by atoms with van der Waals surface area (Å²) in [4.78, 5) is 28.1. The summed E-state index contributed by atoms with van der Waals surface area (Å²) < 4.78 is 4.81. The molecule has 6 heteroatoms. The molecule has 2 amide bonds. The number of carbonyl (C=O) groups excluding carboxylic acids is 2. The molecule has 2 aromatic rings. The predicted molar refractivity (Wildman–Crippen MR) is 98.6 cm³/mol. The van der Waals surface area contributed by atoms with Gasteiger partial charge < -0.3 is 15.4 Å². The number of pyridine rings is 1. The molecule has 136 valence electrons. The van der Waals surface area contributed by atoms with Gasteiger partial charge in [0.15, 0.2) is 0 Å². The third-order valence-corrected chi connectivity index (χ3v) is 4.57. The Bertz CT molecular complexity index is 762. The minimum atomic E-state index is -0.160. The number of rotatable bonds is 7. The first-order valence-electron chi connectivity index (χ1n) is 8.67. The Labute approximate surface area is 153 Å². The van der Waals surface area contributed by atoms with Crippen molar-refractivity contribution in [3.8, 4) is 0 Å². The van der Waals surface area contributed by atoms with Crippen molar-refractivity contribution in [2.45, 2.75) is 25.3 Å². The molecule has 3 atom stereocenters. The number of nitrogens with one attached hydrogen (secondary N) is 2. The number of carbonyl (C=O) groups is 2. The fraction of sp³-hybridized carbons (Fsp3) is 0.350. The lowest BCUT2D eigenvalue weighted by molar-refractivity contribution is -0.125. The molecule has 3 rings (SSSR count). The summed E-state index contributed by atoms with van der Waals surface area (Å²) in [6, 6.07) is 11.3. The normalized spacial score (nSPS) is 19.5. The number of hydrogen-bond donors (Lipinski definition) is 2. The van der Waals surface area contributed by atoms with Crippen LogP contribution in [-0.4, -0.2) is 30.5 Å². The lowest BCUT2D eigenvalue weighted by Crippen LogP contribution is -2.29. The predicted octanol–water partition coefficient (Wildman–Crippen LogP) is 2.65. The van der Waals surface area contributed by atoms with Gasteiger partial charge in [-0.2, -0.15) is 0 Å². The van der Waals surface area contributed by atoms with Crippen LogP contribution in [0.15, 0.2) is 48.8 Å². The monoisotopic (exact) mass is 353 g/mol. The summed E-state index contributed by atoms with van der Waals surface area (Å²) in [6.45, 7) is 1.95. The van der Waals surface area contributed by atoms with Gasteiger partial charge in [0.1, 0.15) is 6.61 Å². The molecular weight excluding hydrogens is 330 g/mol. The van der Waals surface area contributed by atoms with Gasteiger partial charge in [-0.15, -0.1) is 0 Å². The highest BCUT2D eigenvalue weighted by molar-refractivity contribution is 5.95. The number of ether oxygens (including phenoxy) is 1. The third-order valence-electron chi connectivity index (χ3n) is 4.57. The van der Waals surface area contributed by atoms with Gasteiger partial charge in [-0.3, -0.25) is 14.6 Å². The molecule has 1 heterocycles. The molecule has 1 aliphatic rings. The van der Waals surface area contributed by atoms with Crippen molar-refractivity contribution in [3.05, 3.63) is 59.9 Å². The quantitative estimate of drug-likeness (QED) is 0.802. The van der Waals surface area contributed by atoms with Crippen LogP contribution in [0, 0.1) is 5.92 Å². The Kier molecular flexibility index (Phi) is 5.63. The molecule has 0 radical (unpaired) electrons. The largest absolute Gasteiger partial charge is 0.375 e. The minimum Gasteiger partial charge on any atom is -0.375 e. The van der Waals surface area contributed by atoms with E-state index in [4.69, 9.17) is 4.74 Å². The van der Waals surface area contributed by atoms with E-state index in [1.807, 2.05) is 49.5 Å². The van der Waals surface area contributed by atoms with E-state index in [2.05, 4.69) is 15.6 Å². The van der Waals surface area contributed by atoms with E-state index < -0.39 is 0 Å². The summed E-state index contributed by atoms with van der Waals surface area (Å²) in [7, 11) is 1.49. The fourth-order valence-corrected chi connectivity index (χ4v) is 3.04. The highest BCUT2D eigenvalue weighted by Crippen LogP contribution is 2.47. The van der Waals surface area contributed by atoms with Crippen LogP contribution < -0.4 is 10.6 Å². The Morgan fingerprint density at radius 3 is 2.69 bits per heavy atom. The maximum absolute atomic E-state index is 12.4. The molecule has 0 aliphatic heterocycles. The topological polar surface area (TPSA) is 80.3 Å². The number of methoxy groups -OCH3 is 1. The second-order valence-electron chi connectivity index (χ2n) is 6.57. The van der Waals surface area contributed by atoms with Gasteiger partial charge in [0.05, 0.1) is 6.04 Å². The third kappa shape index (κ3) is 4.46. The van der Waals surface area contributed by atoms with Crippen molar-refractivity contribution >= 4 is 17.5 Å². The van der Waals surface area contributed by atoms with E-state index in [1.165, 1.54) is 7.11 Å². The van der Waals surface area contributed by atoms with Crippen molar-refractivity contribution < 1.29 is 14.3 Å². The summed E-state index contributed by atoms with van der Waals surface area (Å²) in [5.74, 6) is 0.144. The molecule has 26 heavy (non-hydrogen) atoms. The Morgan fingerprint density at radius 1 is 1.27 bits per heavy atom. The van der Waals surface area contributed by atoms with Crippen molar-refractivity contribution in [1.29, 1.82) is 0 Å². The highest BCUT2D eigenvalue weighted by atomic mass is 16.5. The van der Waals surface area contributed by atoms with Crippen molar-refractivity contribution in [2.24, 2.45) is 5.92 Å². The second kappa shape index (κ2) is 8.10. The van der Waals surface area contributed by atoms with Gasteiger partial charge in [0.25, 0.3) is 0 Å². The van der Waals surface area contributed by atoms with Crippen molar-refractivity contribution in [2.75, 3.05) is 19.0 Å². The minimum absolute atomic E-state index is 0.00568. The lowest BCUT2D eigenvalue weighted by Gasteiger charge is -2.14. The van der Waals surface area contributed by atoms with Crippen LogP contribution in [0.5, 0.6) is 0 Å². The molecule has 1 fully saturated rings. The molecule has 1 aromatic carbocycles. The van der Waals surface area contributed by atoms with E-state index in [1.54, 1.807) is 6.20 Å². The van der Waals surface area contributed by atoms with E-state index in [0.29, 0.717) is 0 Å². The smallest absolute Gasteiger partial charge is 0.246 e. The molecule has 6 nitrogen and oxygen atoms in total. The maximum atomic E-state index is 12.4. The van der Waals surface area contributed by atoms with Crippen LogP contribution >= 0.6 is 0 Å². The number of nitrogens with zero attached hydrogens (tertiary/aromatic N) is 1. The molecule has 0 saturated heterocycles. The van der Waals surface area contributed by atoms with Crippen LogP contribution in [0.25, 0.3) is 0 Å². The Morgan fingerprint density at radius 2 is 2.04 bits per heavy atom. The van der Waals surface area contributed by atoms with Gasteiger partial charge in [0.2, 0.25) is 11.8 Å². The van der Waals surface area contributed by atoms with Gasteiger partial charge >= 0.3 is 0 Å². The van der Waals surface area contributed by atoms with Gasteiger partial charge in [-0.25, -0.2) is 0 Å². The van der Waals surface area contributed by atoms with E-state index in [-0.39, 0.29) is 36.3 Å². The van der Waals surface area contributed by atoms with Gasteiger partial charge in [-0.05, 0) is 48.6 Å². The summed E-state index contributed by atoms with van der Waals surface area (Å²) in [5.41, 5.74) is 2.83. The zero-order chi connectivity index (χ0) is 18.5. The molecule has 1 saturated carbocycles. The van der Waals surface area contributed by atoms with E-state index in [0.717, 1.165) is 23.2 Å². The van der Waals surface area contributed by atoms with Crippen molar-refractivity contribution in [1.82, 2.24) is 10.3 Å². The standard InChI is InChI=1S/C20H23N3O3/c1-13(22-19(24)12-26-2)14-5-7-16(8-6-14)23-20(25)18-10-17(18)15-4-3-9-21-11-15/h3-9,11,13,17-18H,10,12H2,1-2H3,(H,22,24)(H,23,25)/t13-,17+,18-/m0/s1. The van der Waals surface area contributed by atoms with Crippen molar-refractivity contribution in [3.63, 3.8) is 0 Å². The Balaban J connectivity index is 1.53. The molecule has 2 N–H and O–H groups in total. The SMILES string of the molecule is COCC(=O)N[C@@H](C)c1ccc(NC(=O)[C@H]2C[C@@H]2c2cccnc2)cc1. The molecule has 1 aliphatic carbocycles. The zero-order valence-electron chi connectivity index (χ0n) is 14.9. The average Bonchev–Trinajstić information content (AvgIpc) is 3.44. The molecule has 0 unspecified atom stereocenters. The molecule has 1 aromatic heterocycles. The second-order valence-corrected chi connectivity index (χ2v) is 6.57. The van der Waals surface area contributed by atoms with E-state index >= 15 is 0 Å². The van der Waals surface area contributed by atoms with Crippen LogP contribution in [0.2, 0.25) is 0 Å². The van der Waals surface area contributed by atoms with Crippen LogP contribution in [0.1, 0.15) is 36.4 Å². The first-order valence-corrected chi connectivity index (χ1v) is 8.67. The van der Waals surface area contributed by atoms with Crippen LogP contribution in [0.4, 0.5) is 5.69 Å². The number of amides is 2. The first-order chi connectivity index (χ1) is 12.6. The van der Waals surface area contributed by atoms with Crippen LogP contribution in [-0.2, 0) is 14.3 Å². The average molecular weight is 353 g/mol. The number of anilines is 1. The lowest BCUT2D eigenvalue weighted by atomic mass is 10.1. The number of hydrogen-bond acceptors (Lipinski definition) is 4. The molecule has 0 bridgehead atoms. The molecule has 0 spiro atoms. The molecular formula is C20H23N3O3. The fourth-order valence-electron chi connectivity index (χ4n) is 3.04. The number of benzene rings is 1. The summed E-state index contributed by atoms with van der Waals surface area (Å²) >= 11 is 0. The first kappa shape index (κ1) is 18.1. The summed E-state index contributed by atoms with van der Waals surface area (Å²) in [6.07, 6.45) is 4.42. The summed E-state index contributed by atoms with van der Waals surface area (Å²) in [5, 5.41) is 5.82. The Hall–Kier alpha value is -2.73.